The minimum atomic E-state index is 0.569. The Morgan fingerprint density at radius 1 is 1.19 bits per heavy atom. The molecule has 0 spiro atoms. The molecule has 1 aliphatic carbocycles. The van der Waals surface area contributed by atoms with E-state index in [-0.39, 0.29) is 0 Å². The van der Waals surface area contributed by atoms with Gasteiger partial charge in [-0.3, -0.25) is 4.90 Å². The predicted molar refractivity (Wildman–Crippen MR) is 85.8 cm³/mol. The quantitative estimate of drug-likeness (QED) is 0.875. The zero-order valence-corrected chi connectivity index (χ0v) is 13.5. The summed E-state index contributed by atoms with van der Waals surface area (Å²) in [5.74, 6) is 2.40. The van der Waals surface area contributed by atoms with Gasteiger partial charge in [-0.15, -0.1) is 0 Å². The summed E-state index contributed by atoms with van der Waals surface area (Å²) < 4.78 is 10.8. The topological polar surface area (TPSA) is 47.7 Å². The van der Waals surface area contributed by atoms with Crippen LogP contribution in [0.3, 0.4) is 0 Å². The molecule has 0 aromatic heterocycles. The second kappa shape index (κ2) is 7.66. The monoisotopic (exact) mass is 292 g/mol. The molecule has 0 bridgehead atoms. The van der Waals surface area contributed by atoms with Crippen LogP contribution in [0.25, 0.3) is 0 Å². The zero-order chi connectivity index (χ0) is 15.2. The number of nitrogens with two attached hydrogens (primary N) is 1. The molecule has 2 atom stereocenters. The first-order chi connectivity index (χ1) is 10.2. The van der Waals surface area contributed by atoms with E-state index in [1.165, 1.54) is 31.2 Å². The third-order valence-corrected chi connectivity index (χ3v) is 4.65. The fraction of sp³-hybridized carbons (Fsp3) is 0.647. The molecule has 4 nitrogen and oxygen atoms in total. The van der Waals surface area contributed by atoms with Crippen molar-refractivity contribution in [2.45, 2.75) is 38.3 Å². The Bertz CT molecular complexity index is 450. The summed E-state index contributed by atoms with van der Waals surface area (Å²) in [7, 11) is 5.60. The fourth-order valence-corrected chi connectivity index (χ4v) is 3.43. The minimum Gasteiger partial charge on any atom is -0.497 e. The number of methoxy groups -OCH3 is 2. The molecule has 4 heteroatoms. The van der Waals surface area contributed by atoms with Gasteiger partial charge >= 0.3 is 0 Å². The lowest BCUT2D eigenvalue weighted by Gasteiger charge is -2.37. The Labute approximate surface area is 128 Å². The number of nitrogens with zero attached hydrogens (tertiary/aromatic N) is 1. The Kier molecular flexibility index (Phi) is 5.88. The van der Waals surface area contributed by atoms with Gasteiger partial charge < -0.3 is 15.2 Å². The zero-order valence-electron chi connectivity index (χ0n) is 13.5. The number of rotatable bonds is 6. The molecule has 1 fully saturated rings. The lowest BCUT2D eigenvalue weighted by atomic mass is 9.83. The highest BCUT2D eigenvalue weighted by molar-refractivity contribution is 5.40. The van der Waals surface area contributed by atoms with Gasteiger partial charge in [-0.25, -0.2) is 0 Å². The van der Waals surface area contributed by atoms with E-state index >= 15 is 0 Å². The SMILES string of the molecule is COc1ccc(OC)c(CN(C)C2CCCCC2CN)c1. The number of benzene rings is 1. The van der Waals surface area contributed by atoms with Crippen molar-refractivity contribution in [2.75, 3.05) is 27.8 Å². The van der Waals surface area contributed by atoms with Crippen molar-refractivity contribution in [1.29, 1.82) is 0 Å². The molecule has 21 heavy (non-hydrogen) atoms. The second-order valence-electron chi connectivity index (χ2n) is 5.94. The van der Waals surface area contributed by atoms with Crippen LogP contribution in [0.1, 0.15) is 31.2 Å². The van der Waals surface area contributed by atoms with Gasteiger partial charge in [-0.05, 0) is 50.6 Å². The highest BCUT2D eigenvalue weighted by Gasteiger charge is 2.27. The molecular weight excluding hydrogens is 264 g/mol. The predicted octanol–water partition coefficient (Wildman–Crippen LogP) is 2.65. The summed E-state index contributed by atoms with van der Waals surface area (Å²) in [5, 5.41) is 0. The van der Waals surface area contributed by atoms with Crippen molar-refractivity contribution >= 4 is 0 Å². The first-order valence-corrected chi connectivity index (χ1v) is 7.80. The van der Waals surface area contributed by atoms with Crippen LogP contribution in [-0.4, -0.2) is 38.8 Å². The van der Waals surface area contributed by atoms with E-state index in [9.17, 15) is 0 Å². The van der Waals surface area contributed by atoms with E-state index in [1.54, 1.807) is 14.2 Å². The maximum Gasteiger partial charge on any atom is 0.123 e. The van der Waals surface area contributed by atoms with Gasteiger partial charge in [0.2, 0.25) is 0 Å². The van der Waals surface area contributed by atoms with E-state index in [0.717, 1.165) is 24.6 Å². The van der Waals surface area contributed by atoms with Gasteiger partial charge in [-0.2, -0.15) is 0 Å². The Balaban J connectivity index is 2.12. The third-order valence-electron chi connectivity index (χ3n) is 4.65. The average Bonchev–Trinajstić information content (AvgIpc) is 2.54. The molecule has 2 N–H and O–H groups in total. The van der Waals surface area contributed by atoms with Crippen LogP contribution in [0, 0.1) is 5.92 Å². The van der Waals surface area contributed by atoms with Gasteiger partial charge in [0.05, 0.1) is 14.2 Å². The van der Waals surface area contributed by atoms with Crippen molar-refractivity contribution in [1.82, 2.24) is 4.90 Å². The maximum absolute atomic E-state index is 5.96. The Morgan fingerprint density at radius 2 is 1.95 bits per heavy atom. The van der Waals surface area contributed by atoms with Crippen LogP contribution in [0.2, 0.25) is 0 Å². The molecule has 1 aliphatic rings. The minimum absolute atomic E-state index is 0.569. The van der Waals surface area contributed by atoms with Crippen molar-refractivity contribution in [3.63, 3.8) is 0 Å². The summed E-state index contributed by atoms with van der Waals surface area (Å²) in [5.41, 5.74) is 7.12. The number of hydrogen-bond donors (Lipinski definition) is 1. The number of ether oxygens (including phenoxy) is 2. The second-order valence-corrected chi connectivity index (χ2v) is 5.94. The molecule has 0 radical (unpaired) electrons. The Hall–Kier alpha value is -1.26. The van der Waals surface area contributed by atoms with Gasteiger partial charge in [0.15, 0.2) is 0 Å². The van der Waals surface area contributed by atoms with Crippen molar-refractivity contribution in [2.24, 2.45) is 11.7 Å². The Morgan fingerprint density at radius 3 is 2.62 bits per heavy atom. The fourth-order valence-electron chi connectivity index (χ4n) is 3.43. The van der Waals surface area contributed by atoms with Crippen LogP contribution in [0.4, 0.5) is 0 Å². The lowest BCUT2D eigenvalue weighted by molar-refractivity contribution is 0.126. The van der Waals surface area contributed by atoms with Crippen LogP contribution in [-0.2, 0) is 6.54 Å². The molecule has 0 amide bonds. The van der Waals surface area contributed by atoms with Crippen LogP contribution in [0.5, 0.6) is 11.5 Å². The largest absolute Gasteiger partial charge is 0.497 e. The summed E-state index contributed by atoms with van der Waals surface area (Å²) in [4.78, 5) is 2.42. The van der Waals surface area contributed by atoms with Crippen molar-refractivity contribution in [3.8, 4) is 11.5 Å². The third kappa shape index (κ3) is 3.89. The molecule has 118 valence electrons. The summed E-state index contributed by atoms with van der Waals surface area (Å²) in [6.45, 7) is 1.64. The highest BCUT2D eigenvalue weighted by atomic mass is 16.5. The van der Waals surface area contributed by atoms with Crippen LogP contribution < -0.4 is 15.2 Å². The molecule has 1 saturated carbocycles. The molecule has 1 aromatic carbocycles. The van der Waals surface area contributed by atoms with Gasteiger partial charge in [0.25, 0.3) is 0 Å². The van der Waals surface area contributed by atoms with E-state index in [2.05, 4.69) is 18.0 Å². The molecule has 0 aliphatic heterocycles. The number of hydrogen-bond acceptors (Lipinski definition) is 4. The van der Waals surface area contributed by atoms with E-state index < -0.39 is 0 Å². The molecule has 1 aromatic rings. The molecular formula is C17H28N2O2. The van der Waals surface area contributed by atoms with Gasteiger partial charge in [0.1, 0.15) is 11.5 Å². The van der Waals surface area contributed by atoms with Crippen LogP contribution in [0.15, 0.2) is 18.2 Å². The van der Waals surface area contributed by atoms with E-state index in [1.807, 2.05) is 12.1 Å². The normalized spacial score (nSPS) is 22.3. The molecule has 0 saturated heterocycles. The van der Waals surface area contributed by atoms with Gasteiger partial charge in [-0.1, -0.05) is 12.8 Å². The smallest absolute Gasteiger partial charge is 0.123 e. The summed E-state index contributed by atoms with van der Waals surface area (Å²) in [6, 6.07) is 6.55. The van der Waals surface area contributed by atoms with E-state index in [4.69, 9.17) is 15.2 Å². The lowest BCUT2D eigenvalue weighted by Crippen LogP contribution is -2.42. The first kappa shape index (κ1) is 16.1. The molecule has 2 unspecified atom stereocenters. The van der Waals surface area contributed by atoms with Gasteiger partial charge in [0, 0.05) is 18.2 Å². The first-order valence-electron chi connectivity index (χ1n) is 7.80. The average molecular weight is 292 g/mol. The molecule has 2 rings (SSSR count). The van der Waals surface area contributed by atoms with Crippen LogP contribution >= 0.6 is 0 Å². The van der Waals surface area contributed by atoms with Crippen molar-refractivity contribution in [3.05, 3.63) is 23.8 Å². The maximum atomic E-state index is 5.96. The molecule has 0 heterocycles. The summed E-state index contributed by atoms with van der Waals surface area (Å²) >= 11 is 0. The highest BCUT2D eigenvalue weighted by Crippen LogP contribution is 2.30. The summed E-state index contributed by atoms with van der Waals surface area (Å²) in [6.07, 6.45) is 5.11. The standard InChI is InChI=1S/C17H28N2O2/c1-19(16-7-5-4-6-13(16)11-18)12-14-10-15(20-2)8-9-17(14)21-3/h8-10,13,16H,4-7,11-12,18H2,1-3H3. The van der Waals surface area contributed by atoms with Crippen molar-refractivity contribution < 1.29 is 9.47 Å². The van der Waals surface area contributed by atoms with E-state index in [0.29, 0.717) is 12.0 Å².